The number of aliphatic hydroxyl groups excluding tert-OH is 1. The van der Waals surface area contributed by atoms with Crippen molar-refractivity contribution in [2.24, 2.45) is 0 Å². The van der Waals surface area contributed by atoms with Gasteiger partial charge in [-0.25, -0.2) is 14.4 Å². The minimum absolute atomic E-state index is 0.0956. The summed E-state index contributed by atoms with van der Waals surface area (Å²) in [5.41, 5.74) is 6.00. The van der Waals surface area contributed by atoms with Crippen molar-refractivity contribution >= 4 is 46.9 Å². The second-order valence-electron chi connectivity index (χ2n) is 8.96. The minimum Gasteiger partial charge on any atom is -0.390 e. The Bertz CT molecular complexity index is 1050. The molecule has 1 aromatic carbocycles. The van der Waals surface area contributed by atoms with Gasteiger partial charge in [-0.05, 0) is 18.1 Å². The number of nitrogen functional groups attached to an aromatic ring is 1. The minimum atomic E-state index is -3.61. The maximum atomic E-state index is 13.5. The molecule has 1 aliphatic rings. The number of benzene rings is 1. The summed E-state index contributed by atoms with van der Waals surface area (Å²) in [6, 6.07) is 11.1. The molecule has 1 saturated heterocycles. The summed E-state index contributed by atoms with van der Waals surface area (Å²) in [6.07, 6.45) is 1.13. The molecule has 0 bridgehead atoms. The number of nitrogens with one attached hydrogen (secondary N) is 1. The van der Waals surface area contributed by atoms with Crippen molar-refractivity contribution in [2.45, 2.75) is 55.2 Å². The Morgan fingerprint density at radius 1 is 1.29 bits per heavy atom. The van der Waals surface area contributed by atoms with Crippen molar-refractivity contribution in [3.63, 3.8) is 0 Å². The van der Waals surface area contributed by atoms with Gasteiger partial charge in [0.1, 0.15) is 11.2 Å². The van der Waals surface area contributed by atoms with Crippen LogP contribution in [0.3, 0.4) is 0 Å². The number of aliphatic hydroxyl groups is 1. The van der Waals surface area contributed by atoms with Crippen LogP contribution in [0, 0.1) is 0 Å². The largest absolute Gasteiger partial charge is 0.405 e. The normalized spacial score (nSPS) is 22.2. The summed E-state index contributed by atoms with van der Waals surface area (Å²) in [7, 11) is -0.206. The first kappa shape index (κ1) is 28.6. The van der Waals surface area contributed by atoms with E-state index in [1.807, 2.05) is 30.3 Å². The molecule has 194 valence electrons. The van der Waals surface area contributed by atoms with E-state index in [0.717, 1.165) is 5.56 Å². The quantitative estimate of drug-likeness (QED) is 0.195. The molecule has 1 fully saturated rings. The van der Waals surface area contributed by atoms with Gasteiger partial charge in [0.25, 0.3) is 0 Å². The number of aromatic nitrogens is 2. The van der Waals surface area contributed by atoms with Gasteiger partial charge in [0.05, 0.1) is 19.3 Å². The Labute approximate surface area is 218 Å². The predicted molar refractivity (Wildman–Crippen MR) is 147 cm³/mol. The van der Waals surface area contributed by atoms with E-state index in [9.17, 15) is 14.5 Å². The number of hydrogen-bond acceptors (Lipinski definition) is 10. The van der Waals surface area contributed by atoms with Gasteiger partial charge in [-0.3, -0.25) is 13.6 Å². The van der Waals surface area contributed by atoms with Gasteiger partial charge in [0.2, 0.25) is 0 Å². The lowest BCUT2D eigenvalue weighted by Gasteiger charge is -2.22. The molecule has 1 aliphatic heterocycles. The second-order valence-corrected chi connectivity index (χ2v) is 15.5. The predicted octanol–water partition coefficient (Wildman–Crippen LogP) is 4.30. The molecule has 4 atom stereocenters. The Balaban J connectivity index is 1.58. The summed E-state index contributed by atoms with van der Waals surface area (Å²) >= 11 is 1.38. The van der Waals surface area contributed by atoms with Crippen molar-refractivity contribution in [1.29, 1.82) is 0 Å². The average Bonchev–Trinajstić information content (AvgIpc) is 3.16. The Morgan fingerprint density at radius 2 is 2.03 bits per heavy atom. The summed E-state index contributed by atoms with van der Waals surface area (Å²) < 4.78 is 26.5. The van der Waals surface area contributed by atoms with E-state index < -0.39 is 24.9 Å². The molecular formula is C22H33N4O5PS3. The lowest BCUT2D eigenvalue weighted by molar-refractivity contribution is 0.139. The summed E-state index contributed by atoms with van der Waals surface area (Å²) in [6.45, 7) is 7.10. The lowest BCUT2D eigenvalue weighted by Crippen LogP contribution is -2.29. The molecule has 0 saturated carbocycles. The molecule has 1 aromatic heterocycles. The molecule has 2 heterocycles. The van der Waals surface area contributed by atoms with Crippen LogP contribution >= 0.6 is 41.1 Å². The lowest BCUT2D eigenvalue weighted by atomic mass is 10.2. The third kappa shape index (κ3) is 9.44. The van der Waals surface area contributed by atoms with Crippen LogP contribution in [-0.2, 0) is 20.2 Å². The Morgan fingerprint density at radius 3 is 2.71 bits per heavy atom. The molecule has 3 rings (SSSR count). The highest BCUT2D eigenvalue weighted by Crippen LogP contribution is 2.48. The molecule has 9 nitrogen and oxygen atoms in total. The average molecular weight is 561 g/mol. The third-order valence-corrected chi connectivity index (χ3v) is 11.2. The van der Waals surface area contributed by atoms with Gasteiger partial charge < -0.3 is 10.8 Å². The summed E-state index contributed by atoms with van der Waals surface area (Å²) in [4.78, 5) is 15.9. The SMILES string of the molecule is CC(C)(C)SSCCOP(=O)(NCc1ccccc1)OCC1CC(O)C(n2ccc(N)nc2=O)S1. The van der Waals surface area contributed by atoms with Crippen molar-refractivity contribution in [3.8, 4) is 0 Å². The number of anilines is 1. The van der Waals surface area contributed by atoms with Crippen LogP contribution in [0.4, 0.5) is 5.82 Å². The summed E-state index contributed by atoms with van der Waals surface area (Å²) in [5.74, 6) is 0.791. The molecule has 0 aliphatic carbocycles. The van der Waals surface area contributed by atoms with Crippen molar-refractivity contribution in [3.05, 3.63) is 58.6 Å². The number of nitrogens with zero attached hydrogens (tertiary/aromatic N) is 2. The molecule has 13 heteroatoms. The highest BCUT2D eigenvalue weighted by molar-refractivity contribution is 8.77. The highest BCUT2D eigenvalue weighted by Gasteiger charge is 2.37. The van der Waals surface area contributed by atoms with Crippen LogP contribution in [-0.4, -0.2) is 49.7 Å². The second kappa shape index (κ2) is 13.0. The van der Waals surface area contributed by atoms with E-state index in [-0.39, 0.29) is 29.0 Å². The van der Waals surface area contributed by atoms with Crippen molar-refractivity contribution in [2.75, 3.05) is 24.7 Å². The zero-order valence-electron chi connectivity index (χ0n) is 20.0. The number of rotatable bonds is 12. The monoisotopic (exact) mass is 560 g/mol. The van der Waals surface area contributed by atoms with Gasteiger partial charge in [0, 0.05) is 28.5 Å². The molecule has 0 radical (unpaired) electrons. The molecule has 0 spiro atoms. The first-order valence-corrected chi connectivity index (χ1v) is 16.0. The molecule has 0 amide bonds. The fourth-order valence-electron chi connectivity index (χ4n) is 3.21. The maximum absolute atomic E-state index is 13.5. The third-order valence-electron chi connectivity index (χ3n) is 4.78. The Hall–Kier alpha value is -0.980. The van der Waals surface area contributed by atoms with Gasteiger partial charge >= 0.3 is 13.4 Å². The van der Waals surface area contributed by atoms with E-state index in [1.54, 1.807) is 21.6 Å². The van der Waals surface area contributed by atoms with E-state index in [2.05, 4.69) is 30.8 Å². The zero-order valence-corrected chi connectivity index (χ0v) is 23.4. The van der Waals surface area contributed by atoms with Gasteiger partial charge in [0.15, 0.2) is 0 Å². The van der Waals surface area contributed by atoms with Gasteiger partial charge in [-0.15, -0.1) is 11.8 Å². The zero-order chi connectivity index (χ0) is 25.5. The fraction of sp³-hybridized carbons (Fsp3) is 0.545. The first-order valence-electron chi connectivity index (χ1n) is 11.2. The molecule has 2 aromatic rings. The molecule has 4 N–H and O–H groups in total. The van der Waals surface area contributed by atoms with Crippen LogP contribution < -0.4 is 16.5 Å². The standard InChI is InChI=1S/C22H33N4O5PS3/c1-22(2,3)35-33-12-11-30-32(29,24-14-16-7-5-4-6-8-16)31-15-17-13-18(27)20(34-17)26-10-9-19(23)25-21(26)28/h4-10,17-18,20,27H,11-15H2,1-3H3,(H,24,29)(H2,23,25,28). The van der Waals surface area contributed by atoms with Crippen molar-refractivity contribution < 1.29 is 18.7 Å². The van der Waals surface area contributed by atoms with Crippen molar-refractivity contribution in [1.82, 2.24) is 14.6 Å². The van der Waals surface area contributed by atoms with Gasteiger partial charge in [-0.2, -0.15) is 4.98 Å². The number of hydrogen-bond donors (Lipinski definition) is 3. The van der Waals surface area contributed by atoms with Gasteiger partial charge in [-0.1, -0.05) is 72.7 Å². The Kier molecular flexibility index (Phi) is 10.6. The topological polar surface area (TPSA) is 129 Å². The van der Waals surface area contributed by atoms with Crippen LogP contribution in [0.5, 0.6) is 0 Å². The highest BCUT2D eigenvalue weighted by atomic mass is 33.1. The van der Waals surface area contributed by atoms with Crippen LogP contribution in [0.15, 0.2) is 47.4 Å². The van der Waals surface area contributed by atoms with E-state index in [4.69, 9.17) is 14.8 Å². The van der Waals surface area contributed by atoms with E-state index >= 15 is 0 Å². The molecular weight excluding hydrogens is 527 g/mol. The van der Waals surface area contributed by atoms with Crippen LogP contribution in [0.2, 0.25) is 0 Å². The molecule has 4 unspecified atom stereocenters. The van der Waals surface area contributed by atoms with Crippen LogP contribution in [0.25, 0.3) is 0 Å². The smallest absolute Gasteiger partial charge is 0.390 e. The van der Waals surface area contributed by atoms with E-state index in [0.29, 0.717) is 18.7 Å². The van der Waals surface area contributed by atoms with E-state index in [1.165, 1.54) is 28.6 Å². The maximum Gasteiger partial charge on any atom is 0.405 e. The van der Waals surface area contributed by atoms with Crippen LogP contribution in [0.1, 0.15) is 38.1 Å². The summed E-state index contributed by atoms with van der Waals surface area (Å²) in [5, 5.41) is 12.8. The molecule has 35 heavy (non-hydrogen) atoms. The fourth-order valence-corrected chi connectivity index (χ4v) is 8.31. The number of nitrogens with two attached hydrogens (primary N) is 1. The number of thioether (sulfide) groups is 1. The first-order chi connectivity index (χ1) is 16.5.